The number of amides is 1. The number of aryl methyl sites for hydroxylation is 1. The molecule has 4 nitrogen and oxygen atoms in total. The normalized spacial score (nSPS) is 20.5. The lowest BCUT2D eigenvalue weighted by atomic mass is 9.75. The Morgan fingerprint density at radius 2 is 2.18 bits per heavy atom. The average molecular weight is 305 g/mol. The molecule has 3 rings (SSSR count). The highest BCUT2D eigenvalue weighted by Crippen LogP contribution is 2.38. The predicted octanol–water partition coefficient (Wildman–Crippen LogP) is 2.93. The van der Waals surface area contributed by atoms with E-state index < -0.39 is 11.6 Å². The summed E-state index contributed by atoms with van der Waals surface area (Å²) in [6.07, 6.45) is 3.52. The summed E-state index contributed by atoms with van der Waals surface area (Å²) in [6.45, 7) is 1.95. The first-order chi connectivity index (χ1) is 10.6. The highest BCUT2D eigenvalue weighted by Gasteiger charge is 2.33. The molecule has 1 aromatic heterocycles. The first kappa shape index (κ1) is 14.7. The van der Waals surface area contributed by atoms with Crippen molar-refractivity contribution in [2.24, 2.45) is 0 Å². The second kappa shape index (κ2) is 5.87. The fourth-order valence-corrected chi connectivity index (χ4v) is 2.86. The zero-order valence-electron chi connectivity index (χ0n) is 12.2. The van der Waals surface area contributed by atoms with Crippen molar-refractivity contribution in [2.75, 3.05) is 0 Å². The van der Waals surface area contributed by atoms with E-state index in [9.17, 15) is 13.6 Å². The molecule has 1 heterocycles. The van der Waals surface area contributed by atoms with Crippen LogP contribution in [0.15, 0.2) is 24.5 Å². The van der Waals surface area contributed by atoms with Gasteiger partial charge in [0.1, 0.15) is 17.3 Å². The predicted molar refractivity (Wildman–Crippen MR) is 77.6 cm³/mol. The monoisotopic (exact) mass is 305 g/mol. The van der Waals surface area contributed by atoms with E-state index in [-0.39, 0.29) is 17.9 Å². The van der Waals surface area contributed by atoms with Gasteiger partial charge in [-0.2, -0.15) is 0 Å². The number of H-pyrrole nitrogens is 1. The SMILES string of the molecule is CCc1[nH]cnc1C(=O)NC1CC(c2ccc(F)cc2F)C1. The van der Waals surface area contributed by atoms with Crippen LogP contribution in [0.1, 0.15) is 47.4 Å². The first-order valence-corrected chi connectivity index (χ1v) is 7.36. The van der Waals surface area contributed by atoms with Crippen molar-refractivity contribution in [3.8, 4) is 0 Å². The van der Waals surface area contributed by atoms with Gasteiger partial charge < -0.3 is 10.3 Å². The minimum atomic E-state index is -0.573. The first-order valence-electron chi connectivity index (χ1n) is 7.36. The molecule has 1 fully saturated rings. The van der Waals surface area contributed by atoms with E-state index in [2.05, 4.69) is 15.3 Å². The highest BCUT2D eigenvalue weighted by molar-refractivity contribution is 5.93. The van der Waals surface area contributed by atoms with Crippen molar-refractivity contribution in [1.82, 2.24) is 15.3 Å². The lowest BCUT2D eigenvalue weighted by Crippen LogP contribution is -2.43. The average Bonchev–Trinajstić information content (AvgIpc) is 2.91. The van der Waals surface area contributed by atoms with Gasteiger partial charge in [0.15, 0.2) is 0 Å². The molecule has 2 aromatic rings. The molecule has 2 N–H and O–H groups in total. The van der Waals surface area contributed by atoms with Gasteiger partial charge in [0, 0.05) is 17.8 Å². The van der Waals surface area contributed by atoms with Crippen LogP contribution in [0.3, 0.4) is 0 Å². The van der Waals surface area contributed by atoms with E-state index in [1.165, 1.54) is 18.5 Å². The Hall–Kier alpha value is -2.24. The maximum absolute atomic E-state index is 13.7. The molecule has 1 amide bonds. The number of aromatic amines is 1. The number of hydrogen-bond acceptors (Lipinski definition) is 2. The van der Waals surface area contributed by atoms with Crippen molar-refractivity contribution < 1.29 is 13.6 Å². The molecule has 0 bridgehead atoms. The van der Waals surface area contributed by atoms with E-state index in [0.29, 0.717) is 30.5 Å². The topological polar surface area (TPSA) is 57.8 Å². The third kappa shape index (κ3) is 2.73. The number of hydrogen-bond donors (Lipinski definition) is 2. The van der Waals surface area contributed by atoms with Crippen LogP contribution in [-0.2, 0) is 6.42 Å². The summed E-state index contributed by atoms with van der Waals surface area (Å²) in [5, 5.41) is 2.91. The number of rotatable bonds is 4. The second-order valence-corrected chi connectivity index (χ2v) is 5.59. The number of halogens is 2. The molecule has 6 heteroatoms. The maximum Gasteiger partial charge on any atom is 0.271 e. The summed E-state index contributed by atoms with van der Waals surface area (Å²) >= 11 is 0. The molecule has 0 spiro atoms. The summed E-state index contributed by atoms with van der Waals surface area (Å²) < 4.78 is 26.6. The maximum atomic E-state index is 13.7. The van der Waals surface area contributed by atoms with Crippen LogP contribution in [0.4, 0.5) is 8.78 Å². The highest BCUT2D eigenvalue weighted by atomic mass is 19.1. The lowest BCUT2D eigenvalue weighted by Gasteiger charge is -2.36. The van der Waals surface area contributed by atoms with Crippen LogP contribution < -0.4 is 5.32 Å². The molecule has 0 saturated heterocycles. The summed E-state index contributed by atoms with van der Waals surface area (Å²) in [5.74, 6) is -1.27. The van der Waals surface area contributed by atoms with Crippen molar-refractivity contribution in [3.05, 3.63) is 53.1 Å². The van der Waals surface area contributed by atoms with Gasteiger partial charge in [-0.05, 0) is 36.8 Å². The minimum absolute atomic E-state index is 0.00311. The molecule has 1 saturated carbocycles. The Balaban J connectivity index is 1.59. The molecule has 1 aromatic carbocycles. The molecule has 1 aliphatic rings. The Kier molecular flexibility index (Phi) is 3.92. The quantitative estimate of drug-likeness (QED) is 0.912. The summed E-state index contributed by atoms with van der Waals surface area (Å²) in [7, 11) is 0. The molecule has 0 aliphatic heterocycles. The van der Waals surface area contributed by atoms with Crippen LogP contribution >= 0.6 is 0 Å². The number of carbonyl (C=O) groups is 1. The third-order valence-electron chi connectivity index (χ3n) is 4.16. The Morgan fingerprint density at radius 3 is 2.86 bits per heavy atom. The van der Waals surface area contributed by atoms with E-state index in [0.717, 1.165) is 11.8 Å². The fraction of sp³-hybridized carbons (Fsp3) is 0.375. The van der Waals surface area contributed by atoms with Gasteiger partial charge in [-0.15, -0.1) is 0 Å². The molecular formula is C16H17F2N3O. The van der Waals surface area contributed by atoms with Crippen LogP contribution in [0, 0.1) is 11.6 Å². The minimum Gasteiger partial charge on any atom is -0.348 e. The third-order valence-corrected chi connectivity index (χ3v) is 4.16. The summed E-state index contributed by atoms with van der Waals surface area (Å²) in [6, 6.07) is 3.65. The molecule has 22 heavy (non-hydrogen) atoms. The van der Waals surface area contributed by atoms with Gasteiger partial charge in [0.05, 0.1) is 6.33 Å². The van der Waals surface area contributed by atoms with Crippen LogP contribution in [0.25, 0.3) is 0 Å². The van der Waals surface area contributed by atoms with Gasteiger partial charge in [0.25, 0.3) is 5.91 Å². The number of nitrogens with zero attached hydrogens (tertiary/aromatic N) is 1. The molecular weight excluding hydrogens is 288 g/mol. The molecule has 0 atom stereocenters. The number of aromatic nitrogens is 2. The molecule has 1 aliphatic carbocycles. The van der Waals surface area contributed by atoms with Gasteiger partial charge in [-0.1, -0.05) is 13.0 Å². The number of nitrogens with one attached hydrogen (secondary N) is 2. The van der Waals surface area contributed by atoms with Gasteiger partial charge in [-0.3, -0.25) is 4.79 Å². The largest absolute Gasteiger partial charge is 0.348 e. The summed E-state index contributed by atoms with van der Waals surface area (Å²) in [5.41, 5.74) is 1.73. The van der Waals surface area contributed by atoms with Gasteiger partial charge in [0.2, 0.25) is 0 Å². The van der Waals surface area contributed by atoms with Crippen LogP contribution in [-0.4, -0.2) is 21.9 Å². The fourth-order valence-electron chi connectivity index (χ4n) is 2.86. The standard InChI is InChI=1S/C16H17F2N3O/c1-2-14-15(20-8-19-14)16(22)21-11-5-9(6-11)12-4-3-10(17)7-13(12)18/h3-4,7-9,11H,2,5-6H2,1H3,(H,19,20)(H,21,22). The van der Waals surface area contributed by atoms with E-state index in [1.54, 1.807) is 0 Å². The van der Waals surface area contributed by atoms with Crippen molar-refractivity contribution in [3.63, 3.8) is 0 Å². The number of carbonyl (C=O) groups excluding carboxylic acids is 1. The van der Waals surface area contributed by atoms with Gasteiger partial charge in [-0.25, -0.2) is 13.8 Å². The number of benzene rings is 1. The lowest BCUT2D eigenvalue weighted by molar-refractivity contribution is 0.0903. The smallest absolute Gasteiger partial charge is 0.271 e. The van der Waals surface area contributed by atoms with Crippen molar-refractivity contribution >= 4 is 5.91 Å². The van der Waals surface area contributed by atoms with Crippen molar-refractivity contribution in [2.45, 2.75) is 38.1 Å². The van der Waals surface area contributed by atoms with E-state index in [4.69, 9.17) is 0 Å². The second-order valence-electron chi connectivity index (χ2n) is 5.59. The molecule has 0 unspecified atom stereocenters. The summed E-state index contributed by atoms with van der Waals surface area (Å²) in [4.78, 5) is 19.1. The molecule has 116 valence electrons. The van der Waals surface area contributed by atoms with Crippen LogP contribution in [0.5, 0.6) is 0 Å². The Morgan fingerprint density at radius 1 is 1.41 bits per heavy atom. The van der Waals surface area contributed by atoms with Crippen LogP contribution in [0.2, 0.25) is 0 Å². The zero-order chi connectivity index (χ0) is 15.7. The van der Waals surface area contributed by atoms with E-state index in [1.807, 2.05) is 6.92 Å². The van der Waals surface area contributed by atoms with Crippen molar-refractivity contribution in [1.29, 1.82) is 0 Å². The van der Waals surface area contributed by atoms with E-state index >= 15 is 0 Å². The zero-order valence-corrected chi connectivity index (χ0v) is 12.2. The Bertz CT molecular complexity index is 692. The number of imidazole rings is 1. The van der Waals surface area contributed by atoms with Gasteiger partial charge >= 0.3 is 0 Å². The Labute approximate surface area is 127 Å². The molecule has 0 radical (unpaired) electrons.